The minimum absolute atomic E-state index is 0.256. The molecule has 3 nitrogen and oxygen atoms in total. The maximum atomic E-state index is 13.2. The van der Waals surface area contributed by atoms with Gasteiger partial charge in [-0.05, 0) is 46.2 Å². The van der Waals surface area contributed by atoms with Crippen molar-refractivity contribution in [3.8, 4) is 6.07 Å². The van der Waals surface area contributed by atoms with Crippen LogP contribution >= 0.6 is 0 Å². The van der Waals surface area contributed by atoms with Gasteiger partial charge in [-0.3, -0.25) is 0 Å². The second-order valence-corrected chi connectivity index (χ2v) is 6.11. The molecule has 1 aliphatic heterocycles. The Bertz CT molecular complexity index is 1090. The van der Waals surface area contributed by atoms with Gasteiger partial charge in [-0.15, -0.1) is 0 Å². The van der Waals surface area contributed by atoms with Crippen LogP contribution in [-0.2, 0) is 0 Å². The number of benzene rings is 3. The summed E-state index contributed by atoms with van der Waals surface area (Å²) in [5.74, 6) is -0.325. The summed E-state index contributed by atoms with van der Waals surface area (Å²) < 4.78 is 13.2. The predicted octanol–water partition coefficient (Wildman–Crippen LogP) is 4.22. The third-order valence-electron chi connectivity index (χ3n) is 4.48. The smallest absolute Gasteiger partial charge is 0.161 e. The number of hydrogen-bond acceptors (Lipinski definition) is 3. The van der Waals surface area contributed by atoms with E-state index in [0.717, 1.165) is 21.9 Å². The van der Waals surface area contributed by atoms with Gasteiger partial charge in [0.25, 0.3) is 0 Å². The van der Waals surface area contributed by atoms with E-state index in [9.17, 15) is 14.8 Å². The van der Waals surface area contributed by atoms with Gasteiger partial charge in [0.1, 0.15) is 11.9 Å². The largest absolute Gasteiger partial charge is 0.369 e. The van der Waals surface area contributed by atoms with Crippen LogP contribution in [-0.4, -0.2) is 11.3 Å². The Labute approximate surface area is 150 Å². The molecule has 3 aromatic carbocycles. The standard InChI is InChI=1S/C22H15FN2O/c23-18-9-7-15(8-10-18)21-12-19(20(13-24)22(26)25-21)17-6-5-14-3-1-2-4-16(14)11-17/h1-12,22,25-26H. The number of hydrogen-bond donors (Lipinski definition) is 2. The van der Waals surface area contributed by atoms with Crippen LogP contribution in [0.15, 0.2) is 78.4 Å². The van der Waals surface area contributed by atoms with Crippen LogP contribution in [0.4, 0.5) is 4.39 Å². The van der Waals surface area contributed by atoms with E-state index >= 15 is 0 Å². The molecule has 0 radical (unpaired) electrons. The normalized spacial score (nSPS) is 16.8. The second-order valence-electron chi connectivity index (χ2n) is 6.11. The van der Waals surface area contributed by atoms with Crippen molar-refractivity contribution in [2.24, 2.45) is 0 Å². The van der Waals surface area contributed by atoms with Gasteiger partial charge in [0.15, 0.2) is 6.23 Å². The zero-order valence-electron chi connectivity index (χ0n) is 13.8. The summed E-state index contributed by atoms with van der Waals surface area (Å²) in [4.78, 5) is 0. The summed E-state index contributed by atoms with van der Waals surface area (Å²) in [6.07, 6.45) is 0.703. The molecule has 0 saturated heterocycles. The minimum atomic E-state index is -1.12. The van der Waals surface area contributed by atoms with E-state index in [1.807, 2.05) is 48.5 Å². The quantitative estimate of drug-likeness (QED) is 0.733. The molecule has 0 bridgehead atoms. The average molecular weight is 342 g/mol. The SMILES string of the molecule is N#CC1=C(c2ccc3ccccc3c2)C=C(c2ccc(F)cc2)NC1O. The molecule has 4 heteroatoms. The van der Waals surface area contributed by atoms with E-state index in [1.165, 1.54) is 12.1 Å². The molecule has 0 fully saturated rings. The van der Waals surface area contributed by atoms with E-state index in [2.05, 4.69) is 11.4 Å². The molecule has 1 heterocycles. The highest BCUT2D eigenvalue weighted by Gasteiger charge is 2.23. The van der Waals surface area contributed by atoms with Gasteiger partial charge < -0.3 is 10.4 Å². The Balaban J connectivity index is 1.86. The number of nitrogens with one attached hydrogen (secondary N) is 1. The third-order valence-corrected chi connectivity index (χ3v) is 4.48. The van der Waals surface area contributed by atoms with Crippen molar-refractivity contribution in [1.29, 1.82) is 5.26 Å². The summed E-state index contributed by atoms with van der Waals surface area (Å²) >= 11 is 0. The highest BCUT2D eigenvalue weighted by Crippen LogP contribution is 2.31. The monoisotopic (exact) mass is 342 g/mol. The molecule has 2 N–H and O–H groups in total. The molecule has 0 aromatic heterocycles. The van der Waals surface area contributed by atoms with E-state index < -0.39 is 6.23 Å². The Morgan fingerprint density at radius 1 is 0.923 bits per heavy atom. The molecule has 26 heavy (non-hydrogen) atoms. The number of allylic oxidation sites excluding steroid dienone is 2. The van der Waals surface area contributed by atoms with E-state index in [4.69, 9.17) is 0 Å². The van der Waals surface area contributed by atoms with Crippen LogP contribution in [0.2, 0.25) is 0 Å². The Kier molecular flexibility index (Phi) is 4.00. The summed E-state index contributed by atoms with van der Waals surface area (Å²) in [6, 6.07) is 22.0. The van der Waals surface area contributed by atoms with Crippen molar-refractivity contribution in [3.63, 3.8) is 0 Å². The van der Waals surface area contributed by atoms with Crippen molar-refractivity contribution < 1.29 is 9.50 Å². The van der Waals surface area contributed by atoms with Crippen molar-refractivity contribution >= 4 is 22.0 Å². The fourth-order valence-corrected chi connectivity index (χ4v) is 3.14. The van der Waals surface area contributed by atoms with Gasteiger partial charge in [0.2, 0.25) is 0 Å². The summed E-state index contributed by atoms with van der Waals surface area (Å²) in [6.45, 7) is 0. The van der Waals surface area contributed by atoms with Crippen molar-refractivity contribution in [3.05, 3.63) is 95.3 Å². The lowest BCUT2D eigenvalue weighted by Gasteiger charge is -2.24. The first kappa shape index (κ1) is 16.1. The molecule has 3 aromatic rings. The number of fused-ring (bicyclic) bond motifs is 1. The van der Waals surface area contributed by atoms with Gasteiger partial charge in [-0.25, -0.2) is 4.39 Å². The maximum Gasteiger partial charge on any atom is 0.161 e. The van der Waals surface area contributed by atoms with E-state index in [0.29, 0.717) is 11.3 Å². The first-order valence-electron chi connectivity index (χ1n) is 8.21. The second kappa shape index (κ2) is 6.47. The lowest BCUT2D eigenvalue weighted by atomic mass is 9.92. The fraction of sp³-hybridized carbons (Fsp3) is 0.0455. The highest BCUT2D eigenvalue weighted by molar-refractivity contribution is 5.93. The number of halogens is 1. The number of dihydropyridines is 1. The van der Waals surface area contributed by atoms with Crippen LogP contribution in [0.1, 0.15) is 11.1 Å². The Morgan fingerprint density at radius 3 is 2.35 bits per heavy atom. The zero-order chi connectivity index (χ0) is 18.1. The van der Waals surface area contributed by atoms with Crippen molar-refractivity contribution in [2.75, 3.05) is 0 Å². The average Bonchev–Trinajstić information content (AvgIpc) is 2.67. The summed E-state index contributed by atoms with van der Waals surface area (Å²) in [7, 11) is 0. The summed E-state index contributed by atoms with van der Waals surface area (Å²) in [5, 5.41) is 25.0. The highest BCUT2D eigenvalue weighted by atomic mass is 19.1. The predicted molar refractivity (Wildman–Crippen MR) is 100 cm³/mol. The van der Waals surface area contributed by atoms with Gasteiger partial charge in [0.05, 0.1) is 5.57 Å². The first-order valence-corrected chi connectivity index (χ1v) is 8.21. The number of aliphatic hydroxyl groups excluding tert-OH is 1. The Morgan fingerprint density at radius 2 is 1.62 bits per heavy atom. The summed E-state index contributed by atoms with van der Waals surface area (Å²) in [5.41, 5.74) is 3.13. The zero-order valence-corrected chi connectivity index (χ0v) is 13.8. The Hall–Kier alpha value is -3.42. The molecular weight excluding hydrogens is 327 g/mol. The fourth-order valence-electron chi connectivity index (χ4n) is 3.14. The lowest BCUT2D eigenvalue weighted by Crippen LogP contribution is -2.32. The van der Waals surface area contributed by atoms with Crippen LogP contribution in [0, 0.1) is 17.1 Å². The molecule has 0 aliphatic carbocycles. The van der Waals surface area contributed by atoms with Gasteiger partial charge in [-0.1, -0.05) is 48.5 Å². The van der Waals surface area contributed by atoms with Crippen LogP contribution < -0.4 is 5.32 Å². The van der Waals surface area contributed by atoms with Crippen LogP contribution in [0.5, 0.6) is 0 Å². The molecule has 1 atom stereocenters. The van der Waals surface area contributed by atoms with Crippen molar-refractivity contribution in [1.82, 2.24) is 5.32 Å². The van der Waals surface area contributed by atoms with Crippen LogP contribution in [0.25, 0.3) is 22.0 Å². The molecular formula is C22H15FN2O. The van der Waals surface area contributed by atoms with Gasteiger partial charge in [0, 0.05) is 11.3 Å². The number of rotatable bonds is 2. The molecule has 126 valence electrons. The van der Waals surface area contributed by atoms with E-state index in [1.54, 1.807) is 12.1 Å². The maximum absolute atomic E-state index is 13.2. The molecule has 0 saturated carbocycles. The number of nitriles is 1. The minimum Gasteiger partial charge on any atom is -0.369 e. The molecule has 0 spiro atoms. The van der Waals surface area contributed by atoms with E-state index in [-0.39, 0.29) is 11.4 Å². The van der Waals surface area contributed by atoms with Gasteiger partial charge >= 0.3 is 0 Å². The molecule has 1 unspecified atom stereocenters. The number of nitrogens with zero attached hydrogens (tertiary/aromatic N) is 1. The van der Waals surface area contributed by atoms with Crippen LogP contribution in [0.3, 0.4) is 0 Å². The lowest BCUT2D eigenvalue weighted by molar-refractivity contribution is 0.197. The topological polar surface area (TPSA) is 56.0 Å². The molecule has 0 amide bonds. The first-order chi connectivity index (χ1) is 12.7. The third kappa shape index (κ3) is 2.85. The van der Waals surface area contributed by atoms with Gasteiger partial charge in [-0.2, -0.15) is 5.26 Å². The van der Waals surface area contributed by atoms with Crippen molar-refractivity contribution in [2.45, 2.75) is 6.23 Å². The molecule has 4 rings (SSSR count). The number of aliphatic hydroxyl groups is 1. The molecule has 1 aliphatic rings.